The van der Waals surface area contributed by atoms with Gasteiger partial charge in [0.05, 0.1) is 11.0 Å². The molecular weight excluding hydrogens is 416 g/mol. The van der Waals surface area contributed by atoms with Gasteiger partial charge in [0.2, 0.25) is 5.91 Å². The van der Waals surface area contributed by atoms with Crippen LogP contribution < -0.4 is 4.72 Å². The number of amidine groups is 1. The van der Waals surface area contributed by atoms with E-state index >= 15 is 0 Å². The van der Waals surface area contributed by atoms with Crippen molar-refractivity contribution in [3.63, 3.8) is 0 Å². The number of unbranched alkanes of at least 4 members (excludes halogenated alkanes) is 1. The lowest BCUT2D eigenvalue weighted by Gasteiger charge is -2.36. The molecule has 2 saturated heterocycles. The molecule has 2 unspecified atom stereocenters. The van der Waals surface area contributed by atoms with Gasteiger partial charge in [0.1, 0.15) is 11.9 Å². The first-order chi connectivity index (χ1) is 15.0. The van der Waals surface area contributed by atoms with Gasteiger partial charge in [0, 0.05) is 44.9 Å². The van der Waals surface area contributed by atoms with Gasteiger partial charge < -0.3 is 9.64 Å². The Morgan fingerprint density at radius 1 is 1.26 bits per heavy atom. The van der Waals surface area contributed by atoms with Crippen LogP contribution in [0.25, 0.3) is 0 Å². The molecule has 9 heteroatoms. The van der Waals surface area contributed by atoms with Crippen LogP contribution in [0.1, 0.15) is 44.6 Å². The second-order valence-electron chi connectivity index (χ2n) is 8.50. The molecule has 0 radical (unpaired) electrons. The predicted molar refractivity (Wildman–Crippen MR) is 119 cm³/mol. The molecule has 1 amide bonds. The van der Waals surface area contributed by atoms with E-state index in [-0.39, 0.29) is 16.6 Å². The van der Waals surface area contributed by atoms with E-state index in [1.807, 2.05) is 4.90 Å². The van der Waals surface area contributed by atoms with E-state index in [9.17, 15) is 13.2 Å². The maximum absolute atomic E-state index is 13.3. The lowest BCUT2D eigenvalue weighted by atomic mass is 10.1. The standard InChI is InChI=1S/C22H32N4O4S/c1-2-3-9-19(23-21-18-8-4-5-10-20(18)31(28,29)24-21)22(27)26-13-11-25(12-14-26)16-17-7-6-15-30-17/h4-5,8,10,17,19H,2-3,6-7,9,11-16H2,1H3,(H,23,24). The first-order valence-electron chi connectivity index (χ1n) is 11.3. The molecular formula is C22H32N4O4S. The van der Waals surface area contributed by atoms with Crippen LogP contribution >= 0.6 is 0 Å². The Morgan fingerprint density at radius 2 is 2.03 bits per heavy atom. The normalized spacial score (nSPS) is 25.4. The molecule has 2 atom stereocenters. The third-order valence-electron chi connectivity index (χ3n) is 6.23. The van der Waals surface area contributed by atoms with E-state index in [2.05, 4.69) is 21.5 Å². The number of piperazine rings is 1. The second kappa shape index (κ2) is 9.67. The zero-order valence-electron chi connectivity index (χ0n) is 18.1. The zero-order valence-corrected chi connectivity index (χ0v) is 18.9. The summed E-state index contributed by atoms with van der Waals surface area (Å²) in [6, 6.07) is 6.20. The molecule has 1 N–H and O–H groups in total. The highest BCUT2D eigenvalue weighted by Crippen LogP contribution is 2.24. The average Bonchev–Trinajstić information content (AvgIpc) is 3.37. The number of hydrogen-bond acceptors (Lipinski definition) is 6. The summed E-state index contributed by atoms with van der Waals surface area (Å²) in [6.45, 7) is 6.86. The van der Waals surface area contributed by atoms with Crippen LogP contribution in [0.3, 0.4) is 0 Å². The largest absolute Gasteiger partial charge is 0.377 e. The third-order valence-corrected chi connectivity index (χ3v) is 7.63. The van der Waals surface area contributed by atoms with Crippen molar-refractivity contribution in [2.24, 2.45) is 4.99 Å². The molecule has 1 aromatic rings. The van der Waals surface area contributed by atoms with Crippen LogP contribution in [0.2, 0.25) is 0 Å². The van der Waals surface area contributed by atoms with E-state index in [4.69, 9.17) is 4.74 Å². The van der Waals surface area contributed by atoms with Crippen molar-refractivity contribution in [2.45, 2.75) is 56.1 Å². The molecule has 0 saturated carbocycles. The van der Waals surface area contributed by atoms with Crippen LogP contribution in [-0.4, -0.2) is 81.4 Å². The SMILES string of the molecule is CCCCC(N=C1NS(=O)(=O)c2ccccc21)C(=O)N1CCN(CC2CCCO2)CC1. The number of rotatable bonds is 7. The molecule has 0 aliphatic carbocycles. The van der Waals surface area contributed by atoms with Crippen LogP contribution in [0.4, 0.5) is 0 Å². The summed E-state index contributed by atoms with van der Waals surface area (Å²) < 4.78 is 33.1. The fraction of sp³-hybridized carbons (Fsp3) is 0.636. The Kier molecular flexibility index (Phi) is 6.93. The van der Waals surface area contributed by atoms with Crippen molar-refractivity contribution in [3.8, 4) is 0 Å². The fourth-order valence-electron chi connectivity index (χ4n) is 4.46. The number of fused-ring (bicyclic) bond motifs is 1. The van der Waals surface area contributed by atoms with E-state index < -0.39 is 16.1 Å². The summed E-state index contributed by atoms with van der Waals surface area (Å²) >= 11 is 0. The average molecular weight is 449 g/mol. The van der Waals surface area contributed by atoms with Gasteiger partial charge in [-0.1, -0.05) is 31.9 Å². The first-order valence-corrected chi connectivity index (χ1v) is 12.8. The summed E-state index contributed by atoms with van der Waals surface area (Å²) in [6.07, 6.45) is 5.00. The Morgan fingerprint density at radius 3 is 2.74 bits per heavy atom. The predicted octanol–water partition coefficient (Wildman–Crippen LogP) is 1.61. The molecule has 2 fully saturated rings. The minimum absolute atomic E-state index is 0.0127. The lowest BCUT2D eigenvalue weighted by molar-refractivity contribution is -0.134. The molecule has 8 nitrogen and oxygen atoms in total. The molecule has 3 aliphatic rings. The summed E-state index contributed by atoms with van der Waals surface area (Å²) in [5, 5.41) is 0. The number of sulfonamides is 1. The highest BCUT2D eigenvalue weighted by atomic mass is 32.2. The summed E-state index contributed by atoms with van der Waals surface area (Å²) in [7, 11) is -3.61. The van der Waals surface area contributed by atoms with E-state index in [1.54, 1.807) is 24.3 Å². The molecule has 4 rings (SSSR count). The van der Waals surface area contributed by atoms with Crippen molar-refractivity contribution in [1.82, 2.24) is 14.5 Å². The number of ether oxygens (including phenoxy) is 1. The number of carbonyl (C=O) groups excluding carboxylic acids is 1. The molecule has 0 spiro atoms. The smallest absolute Gasteiger partial charge is 0.263 e. The molecule has 3 heterocycles. The van der Waals surface area contributed by atoms with Gasteiger partial charge in [0.25, 0.3) is 10.0 Å². The maximum Gasteiger partial charge on any atom is 0.263 e. The molecule has 0 bridgehead atoms. The van der Waals surface area contributed by atoms with Crippen LogP contribution in [0, 0.1) is 0 Å². The lowest BCUT2D eigenvalue weighted by Crippen LogP contribution is -2.52. The Balaban J connectivity index is 1.45. The van der Waals surface area contributed by atoms with Crippen LogP contribution in [-0.2, 0) is 19.6 Å². The number of hydrogen-bond donors (Lipinski definition) is 1. The Bertz CT molecular complexity index is 919. The number of carbonyl (C=O) groups is 1. The van der Waals surface area contributed by atoms with E-state index in [1.165, 1.54) is 0 Å². The Labute approximate surface area is 184 Å². The van der Waals surface area contributed by atoms with Crippen molar-refractivity contribution < 1.29 is 17.9 Å². The minimum Gasteiger partial charge on any atom is -0.377 e. The highest BCUT2D eigenvalue weighted by Gasteiger charge is 2.33. The van der Waals surface area contributed by atoms with E-state index in [0.717, 1.165) is 51.9 Å². The van der Waals surface area contributed by atoms with Gasteiger partial charge in [0.15, 0.2) is 0 Å². The monoisotopic (exact) mass is 448 g/mol. The quantitative estimate of drug-likeness (QED) is 0.684. The molecule has 1 aromatic carbocycles. The summed E-state index contributed by atoms with van der Waals surface area (Å²) in [5.41, 5.74) is 0.540. The number of benzene rings is 1. The number of amides is 1. The van der Waals surface area contributed by atoms with Gasteiger partial charge >= 0.3 is 0 Å². The van der Waals surface area contributed by atoms with Crippen LogP contribution in [0.15, 0.2) is 34.2 Å². The molecule has 0 aromatic heterocycles. The van der Waals surface area contributed by atoms with Gasteiger partial charge in [-0.2, -0.15) is 0 Å². The molecule has 31 heavy (non-hydrogen) atoms. The fourth-order valence-corrected chi connectivity index (χ4v) is 5.70. The van der Waals surface area contributed by atoms with Gasteiger partial charge in [-0.25, -0.2) is 8.42 Å². The van der Waals surface area contributed by atoms with Crippen molar-refractivity contribution >= 4 is 21.8 Å². The number of nitrogens with one attached hydrogen (secondary N) is 1. The van der Waals surface area contributed by atoms with Gasteiger partial charge in [-0.15, -0.1) is 0 Å². The summed E-state index contributed by atoms with van der Waals surface area (Å²) in [5.74, 6) is 0.267. The zero-order chi connectivity index (χ0) is 21.8. The molecule has 3 aliphatic heterocycles. The third kappa shape index (κ3) is 5.10. The number of nitrogens with zero attached hydrogens (tertiary/aromatic N) is 3. The number of aliphatic imine (C=N–C) groups is 1. The van der Waals surface area contributed by atoms with Gasteiger partial charge in [-0.3, -0.25) is 19.4 Å². The van der Waals surface area contributed by atoms with E-state index in [0.29, 0.717) is 31.2 Å². The minimum atomic E-state index is -3.61. The van der Waals surface area contributed by atoms with Crippen molar-refractivity contribution in [2.75, 3.05) is 39.3 Å². The Hall–Kier alpha value is -1.97. The topological polar surface area (TPSA) is 91.3 Å². The first kappa shape index (κ1) is 22.2. The maximum atomic E-state index is 13.3. The second-order valence-corrected chi connectivity index (χ2v) is 10.1. The van der Waals surface area contributed by atoms with Crippen molar-refractivity contribution in [1.29, 1.82) is 0 Å². The highest BCUT2D eigenvalue weighted by molar-refractivity contribution is 7.90. The molecule has 170 valence electrons. The van der Waals surface area contributed by atoms with Gasteiger partial charge in [-0.05, 0) is 31.4 Å². The summed E-state index contributed by atoms with van der Waals surface area (Å²) in [4.78, 5) is 22.4. The van der Waals surface area contributed by atoms with Crippen molar-refractivity contribution in [3.05, 3.63) is 29.8 Å². The van der Waals surface area contributed by atoms with Crippen LogP contribution in [0.5, 0.6) is 0 Å².